The van der Waals surface area contributed by atoms with Crippen LogP contribution >= 0.6 is 15.9 Å². The van der Waals surface area contributed by atoms with Crippen LogP contribution in [0.1, 0.15) is 5.56 Å². The van der Waals surface area contributed by atoms with E-state index in [0.29, 0.717) is 12.4 Å². The maximum Gasteiger partial charge on any atom is 0.278 e. The molecule has 0 saturated carbocycles. The predicted octanol–water partition coefficient (Wildman–Crippen LogP) is 3.44. The molecule has 2 aromatic rings. The Morgan fingerprint density at radius 2 is 1.77 bits per heavy atom. The van der Waals surface area contributed by atoms with Crippen molar-refractivity contribution in [1.82, 2.24) is 4.90 Å². The minimum atomic E-state index is -0.0576. The SMILES string of the molecule is CN(C)CN1C(=O)C(=Nc2ccc(Br)cc2)c2ccccc21. The molecule has 0 unspecified atom stereocenters. The summed E-state index contributed by atoms with van der Waals surface area (Å²) < 4.78 is 0.990. The van der Waals surface area contributed by atoms with Crippen molar-refractivity contribution in [2.45, 2.75) is 0 Å². The summed E-state index contributed by atoms with van der Waals surface area (Å²) in [5.74, 6) is -0.0576. The Bertz CT molecular complexity index is 738. The van der Waals surface area contributed by atoms with Gasteiger partial charge >= 0.3 is 0 Å². The lowest BCUT2D eigenvalue weighted by Crippen LogP contribution is -2.37. The lowest BCUT2D eigenvalue weighted by Gasteiger charge is -2.21. The molecule has 4 nitrogen and oxygen atoms in total. The fraction of sp³-hybridized carbons (Fsp3) is 0.176. The van der Waals surface area contributed by atoms with Crippen molar-refractivity contribution in [2.24, 2.45) is 4.99 Å². The van der Waals surface area contributed by atoms with E-state index in [1.54, 1.807) is 4.90 Å². The average Bonchev–Trinajstić information content (AvgIpc) is 2.75. The number of anilines is 1. The molecule has 1 aliphatic rings. The summed E-state index contributed by atoms with van der Waals surface area (Å²) in [6.07, 6.45) is 0. The van der Waals surface area contributed by atoms with Crippen LogP contribution in [0.4, 0.5) is 11.4 Å². The first-order valence-electron chi connectivity index (χ1n) is 6.96. The van der Waals surface area contributed by atoms with Gasteiger partial charge in [0.05, 0.1) is 18.0 Å². The number of aliphatic imine (C=N–C) groups is 1. The molecule has 1 aliphatic heterocycles. The number of halogens is 1. The predicted molar refractivity (Wildman–Crippen MR) is 92.8 cm³/mol. The number of carbonyl (C=O) groups excluding carboxylic acids is 1. The fourth-order valence-corrected chi connectivity index (χ4v) is 2.70. The van der Waals surface area contributed by atoms with Gasteiger partial charge in [0, 0.05) is 10.0 Å². The van der Waals surface area contributed by atoms with Crippen molar-refractivity contribution in [1.29, 1.82) is 0 Å². The van der Waals surface area contributed by atoms with Gasteiger partial charge in [0.15, 0.2) is 0 Å². The number of amides is 1. The first-order chi connectivity index (χ1) is 10.6. The molecular weight excluding hydrogens is 342 g/mol. The standard InChI is InChI=1S/C17H16BrN3O/c1-20(2)11-21-15-6-4-3-5-14(15)16(17(21)22)19-13-9-7-12(18)8-10-13/h3-10H,11H2,1-2H3. The zero-order chi connectivity index (χ0) is 15.7. The molecule has 1 amide bonds. The highest BCUT2D eigenvalue weighted by atomic mass is 79.9. The summed E-state index contributed by atoms with van der Waals surface area (Å²) in [6, 6.07) is 15.4. The number of para-hydroxylation sites is 1. The van der Waals surface area contributed by atoms with Gasteiger partial charge in [0.2, 0.25) is 0 Å². The van der Waals surface area contributed by atoms with Crippen molar-refractivity contribution in [2.75, 3.05) is 25.7 Å². The molecule has 0 radical (unpaired) electrons. The normalized spacial score (nSPS) is 15.7. The molecule has 22 heavy (non-hydrogen) atoms. The van der Waals surface area contributed by atoms with E-state index in [1.807, 2.05) is 67.5 Å². The number of benzene rings is 2. The highest BCUT2D eigenvalue weighted by Gasteiger charge is 2.33. The molecule has 5 heteroatoms. The summed E-state index contributed by atoms with van der Waals surface area (Å²) in [6.45, 7) is 0.537. The van der Waals surface area contributed by atoms with E-state index in [-0.39, 0.29) is 5.91 Å². The molecular formula is C17H16BrN3O. The molecule has 0 saturated heterocycles. The Morgan fingerprint density at radius 1 is 1.09 bits per heavy atom. The summed E-state index contributed by atoms with van der Waals surface area (Å²) in [7, 11) is 3.89. The Hall–Kier alpha value is -1.98. The van der Waals surface area contributed by atoms with E-state index < -0.39 is 0 Å². The highest BCUT2D eigenvalue weighted by Crippen LogP contribution is 2.30. The number of hydrogen-bond acceptors (Lipinski definition) is 3. The van der Waals surface area contributed by atoms with Gasteiger partial charge in [-0.25, -0.2) is 4.99 Å². The number of hydrogen-bond donors (Lipinski definition) is 0. The van der Waals surface area contributed by atoms with Crippen LogP contribution in [0.15, 0.2) is 58.0 Å². The zero-order valence-electron chi connectivity index (χ0n) is 12.5. The van der Waals surface area contributed by atoms with E-state index >= 15 is 0 Å². The molecule has 0 bridgehead atoms. The molecule has 2 aromatic carbocycles. The summed E-state index contributed by atoms with van der Waals surface area (Å²) in [5.41, 5.74) is 3.07. The Kier molecular flexibility index (Phi) is 4.09. The molecule has 0 N–H and O–H groups in total. The third-order valence-electron chi connectivity index (χ3n) is 3.39. The van der Waals surface area contributed by atoms with Crippen LogP contribution in [0.25, 0.3) is 0 Å². The van der Waals surface area contributed by atoms with Gasteiger partial charge in [-0.2, -0.15) is 0 Å². The van der Waals surface area contributed by atoms with Gasteiger partial charge in [-0.1, -0.05) is 34.1 Å². The van der Waals surface area contributed by atoms with Crippen LogP contribution in [0.3, 0.4) is 0 Å². The van der Waals surface area contributed by atoms with Crippen LogP contribution in [-0.4, -0.2) is 37.3 Å². The van der Waals surface area contributed by atoms with Crippen LogP contribution < -0.4 is 4.90 Å². The van der Waals surface area contributed by atoms with Crippen LogP contribution in [0.5, 0.6) is 0 Å². The minimum absolute atomic E-state index is 0.0576. The third-order valence-corrected chi connectivity index (χ3v) is 3.92. The second-order valence-electron chi connectivity index (χ2n) is 5.41. The van der Waals surface area contributed by atoms with Crippen molar-refractivity contribution in [3.05, 3.63) is 58.6 Å². The van der Waals surface area contributed by atoms with E-state index in [4.69, 9.17) is 0 Å². The molecule has 0 aromatic heterocycles. The fourth-order valence-electron chi connectivity index (χ4n) is 2.44. The second-order valence-corrected chi connectivity index (χ2v) is 6.32. The van der Waals surface area contributed by atoms with E-state index in [0.717, 1.165) is 21.4 Å². The first-order valence-corrected chi connectivity index (χ1v) is 7.76. The lowest BCUT2D eigenvalue weighted by molar-refractivity contribution is -0.112. The zero-order valence-corrected chi connectivity index (χ0v) is 14.0. The van der Waals surface area contributed by atoms with Crippen molar-refractivity contribution in [3.8, 4) is 0 Å². The Morgan fingerprint density at radius 3 is 2.45 bits per heavy atom. The van der Waals surface area contributed by atoms with Crippen LogP contribution in [0.2, 0.25) is 0 Å². The van der Waals surface area contributed by atoms with Gasteiger partial charge in [-0.15, -0.1) is 0 Å². The number of nitrogens with zero attached hydrogens (tertiary/aromatic N) is 3. The number of carbonyl (C=O) groups is 1. The second kappa shape index (κ2) is 6.02. The summed E-state index contributed by atoms with van der Waals surface area (Å²) >= 11 is 3.40. The Balaban J connectivity index is 2.05. The van der Waals surface area contributed by atoms with E-state index in [9.17, 15) is 4.79 Å². The van der Waals surface area contributed by atoms with Crippen molar-refractivity contribution < 1.29 is 4.79 Å². The van der Waals surface area contributed by atoms with Crippen molar-refractivity contribution >= 4 is 38.9 Å². The smallest absolute Gasteiger partial charge is 0.278 e. The van der Waals surface area contributed by atoms with Gasteiger partial charge in [-0.05, 0) is 44.4 Å². The molecule has 3 rings (SSSR count). The third kappa shape index (κ3) is 2.82. The maximum atomic E-state index is 12.7. The van der Waals surface area contributed by atoms with Gasteiger partial charge in [0.1, 0.15) is 5.71 Å². The summed E-state index contributed by atoms with van der Waals surface area (Å²) in [5, 5.41) is 0. The maximum absolute atomic E-state index is 12.7. The molecule has 0 aliphatic carbocycles. The Labute approximate surface area is 138 Å². The molecule has 0 fully saturated rings. The van der Waals surface area contributed by atoms with E-state index in [2.05, 4.69) is 20.9 Å². The average molecular weight is 358 g/mol. The van der Waals surface area contributed by atoms with E-state index in [1.165, 1.54) is 0 Å². The van der Waals surface area contributed by atoms with Gasteiger partial charge in [-0.3, -0.25) is 14.6 Å². The van der Waals surface area contributed by atoms with Gasteiger partial charge < -0.3 is 0 Å². The minimum Gasteiger partial charge on any atom is -0.293 e. The quantitative estimate of drug-likeness (QED) is 0.843. The molecule has 0 atom stereocenters. The monoisotopic (exact) mass is 357 g/mol. The van der Waals surface area contributed by atoms with Crippen LogP contribution in [-0.2, 0) is 4.79 Å². The summed E-state index contributed by atoms with van der Waals surface area (Å²) in [4.78, 5) is 21.0. The number of fused-ring (bicyclic) bond motifs is 1. The van der Waals surface area contributed by atoms with Crippen molar-refractivity contribution in [3.63, 3.8) is 0 Å². The highest BCUT2D eigenvalue weighted by molar-refractivity contribution is 9.10. The molecule has 112 valence electrons. The topological polar surface area (TPSA) is 35.9 Å². The van der Waals surface area contributed by atoms with Crippen LogP contribution in [0, 0.1) is 0 Å². The molecule has 0 spiro atoms. The van der Waals surface area contributed by atoms with Gasteiger partial charge in [0.25, 0.3) is 5.91 Å². The first kappa shape index (κ1) is 14.9. The lowest BCUT2D eigenvalue weighted by atomic mass is 10.1. The largest absolute Gasteiger partial charge is 0.293 e. The molecule has 1 heterocycles. The number of rotatable bonds is 3.